The molecule has 6 nitrogen and oxygen atoms in total. The summed E-state index contributed by atoms with van der Waals surface area (Å²) in [5.74, 6) is 0. The van der Waals surface area contributed by atoms with Crippen LogP contribution in [-0.4, -0.2) is 27.8 Å². The average molecular weight is 238 g/mol. The van der Waals surface area contributed by atoms with Crippen LogP contribution in [0.4, 0.5) is 5.69 Å². The van der Waals surface area contributed by atoms with Gasteiger partial charge >= 0.3 is 5.69 Å². The van der Waals surface area contributed by atoms with Gasteiger partial charge in [-0.1, -0.05) is 13.8 Å². The van der Waals surface area contributed by atoms with E-state index in [2.05, 4.69) is 10.4 Å². The van der Waals surface area contributed by atoms with E-state index < -0.39 is 0 Å². The molecule has 1 fully saturated rings. The topological polar surface area (TPSA) is 73.0 Å². The van der Waals surface area contributed by atoms with Gasteiger partial charge in [-0.2, -0.15) is 5.10 Å². The molecule has 17 heavy (non-hydrogen) atoms. The van der Waals surface area contributed by atoms with Crippen LogP contribution in [-0.2, 0) is 12.8 Å². The summed E-state index contributed by atoms with van der Waals surface area (Å²) in [5, 5.41) is 18.8. The van der Waals surface area contributed by atoms with Crippen molar-refractivity contribution in [2.75, 3.05) is 13.1 Å². The van der Waals surface area contributed by atoms with Crippen molar-refractivity contribution in [3.8, 4) is 0 Å². The molecule has 0 spiro atoms. The molecule has 0 radical (unpaired) electrons. The van der Waals surface area contributed by atoms with E-state index in [1.165, 1.54) is 0 Å². The minimum absolute atomic E-state index is 0.224. The third-order valence-corrected chi connectivity index (χ3v) is 3.28. The van der Waals surface area contributed by atoms with Crippen LogP contribution >= 0.6 is 0 Å². The van der Waals surface area contributed by atoms with E-state index >= 15 is 0 Å². The second kappa shape index (κ2) is 4.83. The molecule has 0 aromatic carbocycles. The predicted octanol–water partition coefficient (Wildman–Crippen LogP) is 1.45. The summed E-state index contributed by atoms with van der Waals surface area (Å²) in [4.78, 5) is 10.8. The fourth-order valence-corrected chi connectivity index (χ4v) is 2.44. The lowest BCUT2D eigenvalue weighted by atomic mass is 10.2. The van der Waals surface area contributed by atoms with E-state index in [9.17, 15) is 10.1 Å². The summed E-state index contributed by atoms with van der Waals surface area (Å²) >= 11 is 0. The number of aromatic nitrogens is 2. The Morgan fingerprint density at radius 3 is 2.76 bits per heavy atom. The zero-order valence-electron chi connectivity index (χ0n) is 10.3. The second-order valence-electron chi connectivity index (χ2n) is 4.30. The Bertz CT molecular complexity index is 421. The van der Waals surface area contributed by atoms with Crippen molar-refractivity contribution in [3.05, 3.63) is 21.5 Å². The van der Waals surface area contributed by atoms with Crippen molar-refractivity contribution < 1.29 is 4.92 Å². The quantitative estimate of drug-likeness (QED) is 0.636. The fourth-order valence-electron chi connectivity index (χ4n) is 2.44. The summed E-state index contributed by atoms with van der Waals surface area (Å²) < 4.78 is 1.87. The standard InChI is InChI=1S/C11H18N4O2/c1-3-9-11(15(16)17)10(4-2)14(13-9)8-5-6-12-7-8/h8,12H,3-7H2,1-2H3. The highest BCUT2D eigenvalue weighted by Gasteiger charge is 2.29. The van der Waals surface area contributed by atoms with E-state index in [1.54, 1.807) is 0 Å². The molecule has 0 aliphatic carbocycles. The zero-order valence-corrected chi connectivity index (χ0v) is 10.3. The summed E-state index contributed by atoms with van der Waals surface area (Å²) in [6, 6.07) is 0.268. The summed E-state index contributed by atoms with van der Waals surface area (Å²) in [6.07, 6.45) is 2.26. The molecule has 1 aliphatic rings. The highest BCUT2D eigenvalue weighted by atomic mass is 16.6. The van der Waals surface area contributed by atoms with Crippen molar-refractivity contribution in [1.29, 1.82) is 0 Å². The van der Waals surface area contributed by atoms with Crippen molar-refractivity contribution in [3.63, 3.8) is 0 Å². The summed E-state index contributed by atoms with van der Waals surface area (Å²) in [7, 11) is 0. The Morgan fingerprint density at radius 2 is 2.29 bits per heavy atom. The summed E-state index contributed by atoms with van der Waals surface area (Å²) in [5.41, 5.74) is 1.60. The first-order valence-electron chi connectivity index (χ1n) is 6.14. The van der Waals surface area contributed by atoms with E-state index in [0.717, 1.165) is 25.2 Å². The zero-order chi connectivity index (χ0) is 12.4. The van der Waals surface area contributed by atoms with Crippen LogP contribution < -0.4 is 5.32 Å². The molecule has 1 aromatic heterocycles. The maximum atomic E-state index is 11.1. The van der Waals surface area contributed by atoms with Gasteiger partial charge < -0.3 is 5.32 Å². The van der Waals surface area contributed by atoms with Crippen LogP contribution in [0.1, 0.15) is 37.7 Å². The van der Waals surface area contributed by atoms with Crippen LogP contribution in [0.25, 0.3) is 0 Å². The maximum absolute atomic E-state index is 11.1. The molecule has 0 bridgehead atoms. The van der Waals surface area contributed by atoms with Crippen LogP contribution in [0.5, 0.6) is 0 Å². The minimum Gasteiger partial charge on any atom is -0.315 e. The average Bonchev–Trinajstić information content (AvgIpc) is 2.94. The van der Waals surface area contributed by atoms with E-state index in [-0.39, 0.29) is 16.7 Å². The van der Waals surface area contributed by atoms with E-state index in [0.29, 0.717) is 18.5 Å². The number of nitro groups is 1. The molecule has 1 aromatic rings. The van der Waals surface area contributed by atoms with Crippen molar-refractivity contribution in [1.82, 2.24) is 15.1 Å². The highest BCUT2D eigenvalue weighted by Crippen LogP contribution is 2.28. The molecule has 2 heterocycles. The van der Waals surface area contributed by atoms with E-state index in [1.807, 2.05) is 18.5 Å². The molecular weight excluding hydrogens is 220 g/mol. The van der Waals surface area contributed by atoms with Crippen LogP contribution in [0.15, 0.2) is 0 Å². The number of hydrogen-bond acceptors (Lipinski definition) is 4. The Kier molecular flexibility index (Phi) is 3.42. The van der Waals surface area contributed by atoms with Crippen LogP contribution in [0, 0.1) is 10.1 Å². The lowest BCUT2D eigenvalue weighted by Gasteiger charge is -2.11. The first-order valence-corrected chi connectivity index (χ1v) is 6.14. The van der Waals surface area contributed by atoms with E-state index in [4.69, 9.17) is 0 Å². The Labute approximate surface area is 100 Å². The number of rotatable bonds is 4. The summed E-state index contributed by atoms with van der Waals surface area (Å²) in [6.45, 7) is 5.67. The molecule has 6 heteroatoms. The Morgan fingerprint density at radius 1 is 1.53 bits per heavy atom. The molecule has 1 atom stereocenters. The lowest BCUT2D eigenvalue weighted by Crippen LogP contribution is -2.16. The molecule has 94 valence electrons. The van der Waals surface area contributed by atoms with Gasteiger partial charge in [0.25, 0.3) is 0 Å². The molecule has 1 saturated heterocycles. The number of aryl methyl sites for hydroxylation is 1. The van der Waals surface area contributed by atoms with Crippen LogP contribution in [0.2, 0.25) is 0 Å². The van der Waals surface area contributed by atoms with Crippen LogP contribution in [0.3, 0.4) is 0 Å². The normalized spacial score (nSPS) is 19.8. The van der Waals surface area contributed by atoms with Gasteiger partial charge in [0.15, 0.2) is 0 Å². The third kappa shape index (κ3) is 2.04. The van der Waals surface area contributed by atoms with Gasteiger partial charge in [-0.05, 0) is 25.8 Å². The Hall–Kier alpha value is -1.43. The van der Waals surface area contributed by atoms with Gasteiger partial charge in [0.05, 0.1) is 11.0 Å². The molecule has 1 aliphatic heterocycles. The number of hydrogen-bond donors (Lipinski definition) is 1. The van der Waals surface area contributed by atoms with Gasteiger partial charge in [0, 0.05) is 6.54 Å². The molecule has 1 N–H and O–H groups in total. The lowest BCUT2D eigenvalue weighted by molar-refractivity contribution is -0.386. The van der Waals surface area contributed by atoms with Gasteiger partial charge in [0.1, 0.15) is 11.4 Å². The predicted molar refractivity (Wildman–Crippen MR) is 64.2 cm³/mol. The largest absolute Gasteiger partial charge is 0.315 e. The SMILES string of the molecule is CCc1nn(C2CCNC2)c(CC)c1[N+](=O)[O-]. The first kappa shape index (κ1) is 12.0. The second-order valence-corrected chi connectivity index (χ2v) is 4.30. The number of nitrogens with zero attached hydrogens (tertiary/aromatic N) is 3. The highest BCUT2D eigenvalue weighted by molar-refractivity contribution is 5.41. The molecule has 1 unspecified atom stereocenters. The monoisotopic (exact) mass is 238 g/mol. The third-order valence-electron chi connectivity index (χ3n) is 3.28. The Balaban J connectivity index is 2.47. The molecule has 0 saturated carbocycles. The number of nitrogens with one attached hydrogen (secondary N) is 1. The fraction of sp³-hybridized carbons (Fsp3) is 0.727. The first-order chi connectivity index (χ1) is 8.19. The maximum Gasteiger partial charge on any atom is 0.313 e. The molecule has 2 rings (SSSR count). The minimum atomic E-state index is -0.288. The molecule has 0 amide bonds. The van der Waals surface area contributed by atoms with Gasteiger partial charge in [0.2, 0.25) is 0 Å². The van der Waals surface area contributed by atoms with Crippen molar-refractivity contribution in [2.24, 2.45) is 0 Å². The smallest absolute Gasteiger partial charge is 0.313 e. The molecular formula is C11H18N4O2. The van der Waals surface area contributed by atoms with Gasteiger partial charge in [-0.3, -0.25) is 14.8 Å². The van der Waals surface area contributed by atoms with Gasteiger partial charge in [-0.25, -0.2) is 0 Å². The van der Waals surface area contributed by atoms with Crippen molar-refractivity contribution in [2.45, 2.75) is 39.2 Å². The van der Waals surface area contributed by atoms with Gasteiger partial charge in [-0.15, -0.1) is 0 Å². The van der Waals surface area contributed by atoms with Crippen molar-refractivity contribution >= 4 is 5.69 Å².